The average molecular weight is 429 g/mol. The van der Waals surface area contributed by atoms with E-state index >= 15 is 0 Å². The lowest BCUT2D eigenvalue weighted by Gasteiger charge is -2.20. The van der Waals surface area contributed by atoms with Crippen molar-refractivity contribution in [1.29, 1.82) is 0 Å². The van der Waals surface area contributed by atoms with E-state index in [9.17, 15) is 4.39 Å². The highest BCUT2D eigenvalue weighted by Gasteiger charge is 2.23. The van der Waals surface area contributed by atoms with Crippen LogP contribution in [0.3, 0.4) is 0 Å². The molecule has 0 aliphatic carbocycles. The Kier molecular flexibility index (Phi) is 6.93. The summed E-state index contributed by atoms with van der Waals surface area (Å²) in [7, 11) is 1.39. The van der Waals surface area contributed by atoms with E-state index in [1.807, 2.05) is 4.68 Å². The van der Waals surface area contributed by atoms with Crippen molar-refractivity contribution in [3.05, 3.63) is 35.5 Å². The standard InChI is InChI=1S/C22H29FN6O2/c1-30-22-19(23)10-16(13-27-22)21-18-4-8-31-9-5-20(18)29(28-21)17(11-24)14-26-12-15-2-6-25-7-3-15/h10-11,13-15,25H,2-9,12,24H2,1H3. The summed E-state index contributed by atoms with van der Waals surface area (Å²) in [6, 6.07) is 1.40. The van der Waals surface area contributed by atoms with E-state index in [1.54, 1.807) is 12.4 Å². The Morgan fingerprint density at radius 1 is 1.39 bits per heavy atom. The van der Waals surface area contributed by atoms with Crippen LogP contribution in [-0.2, 0) is 17.6 Å². The molecular formula is C22H29FN6O2. The summed E-state index contributed by atoms with van der Waals surface area (Å²) in [5.41, 5.74) is 9.96. The Hall–Kier alpha value is -2.78. The number of nitrogens with one attached hydrogen (secondary N) is 1. The van der Waals surface area contributed by atoms with Gasteiger partial charge in [0, 0.05) is 42.7 Å². The molecule has 0 bridgehead atoms. The number of halogens is 1. The van der Waals surface area contributed by atoms with Gasteiger partial charge < -0.3 is 20.5 Å². The topological polar surface area (TPSA) is 99.6 Å². The number of pyridine rings is 1. The van der Waals surface area contributed by atoms with Gasteiger partial charge in [-0.05, 0) is 44.3 Å². The summed E-state index contributed by atoms with van der Waals surface area (Å²) in [5.74, 6) is 0.0278. The molecule has 8 nitrogen and oxygen atoms in total. The Balaban J connectivity index is 1.66. The quantitative estimate of drug-likeness (QED) is 0.683. The summed E-state index contributed by atoms with van der Waals surface area (Å²) >= 11 is 0. The second-order valence-electron chi connectivity index (χ2n) is 7.79. The zero-order chi connectivity index (χ0) is 21.6. The Morgan fingerprint density at radius 3 is 2.94 bits per heavy atom. The van der Waals surface area contributed by atoms with Crippen molar-refractivity contribution < 1.29 is 13.9 Å². The van der Waals surface area contributed by atoms with E-state index in [1.165, 1.54) is 19.4 Å². The second kappa shape index (κ2) is 10.0. The maximum Gasteiger partial charge on any atom is 0.250 e. The molecule has 2 aromatic heterocycles. The maximum absolute atomic E-state index is 14.3. The SMILES string of the molecule is COc1ncc(-c2nn(C(C=NCC3CCNCC3)=CN)c3c2CCOCC3)cc1F. The first-order valence-corrected chi connectivity index (χ1v) is 10.7. The van der Waals surface area contributed by atoms with Crippen LogP contribution in [0.1, 0.15) is 24.1 Å². The zero-order valence-electron chi connectivity index (χ0n) is 17.8. The van der Waals surface area contributed by atoms with Gasteiger partial charge in [0.15, 0.2) is 5.82 Å². The molecular weight excluding hydrogens is 399 g/mol. The normalized spacial score (nSPS) is 18.2. The molecule has 2 aromatic rings. The minimum atomic E-state index is -0.522. The largest absolute Gasteiger partial charge is 0.479 e. The van der Waals surface area contributed by atoms with Crippen LogP contribution in [0.4, 0.5) is 4.39 Å². The molecule has 0 saturated carbocycles. The number of allylic oxidation sites excluding steroid dienone is 1. The number of hydrogen-bond acceptors (Lipinski definition) is 7. The number of aliphatic imine (C=N–C) groups is 1. The summed E-state index contributed by atoms with van der Waals surface area (Å²) in [4.78, 5) is 8.72. The third-order valence-electron chi connectivity index (χ3n) is 5.80. The van der Waals surface area contributed by atoms with E-state index in [4.69, 9.17) is 20.3 Å². The molecule has 0 unspecified atom stereocenters. The average Bonchev–Trinajstić information content (AvgIpc) is 2.98. The lowest BCUT2D eigenvalue weighted by atomic mass is 9.99. The Morgan fingerprint density at radius 2 is 2.19 bits per heavy atom. The van der Waals surface area contributed by atoms with Crippen molar-refractivity contribution in [2.45, 2.75) is 25.7 Å². The molecule has 0 atom stereocenters. The highest BCUT2D eigenvalue weighted by atomic mass is 19.1. The number of methoxy groups -OCH3 is 1. The first-order valence-electron chi connectivity index (χ1n) is 10.7. The monoisotopic (exact) mass is 428 g/mol. The van der Waals surface area contributed by atoms with Gasteiger partial charge in [-0.3, -0.25) is 4.99 Å². The molecule has 2 aliphatic heterocycles. The van der Waals surface area contributed by atoms with Gasteiger partial charge in [0.05, 0.1) is 37.4 Å². The minimum Gasteiger partial charge on any atom is -0.479 e. The lowest BCUT2D eigenvalue weighted by molar-refractivity contribution is 0.145. The number of fused-ring (bicyclic) bond motifs is 1. The number of rotatable bonds is 6. The molecule has 4 heterocycles. The van der Waals surface area contributed by atoms with Gasteiger partial charge in [-0.25, -0.2) is 14.1 Å². The zero-order valence-corrected chi connectivity index (χ0v) is 17.8. The summed E-state index contributed by atoms with van der Waals surface area (Å²) in [5, 5.41) is 8.17. The maximum atomic E-state index is 14.3. The second-order valence-corrected chi connectivity index (χ2v) is 7.79. The highest BCUT2D eigenvalue weighted by Crippen LogP contribution is 2.30. The molecule has 166 valence electrons. The van der Waals surface area contributed by atoms with Crippen molar-refractivity contribution in [2.24, 2.45) is 16.6 Å². The lowest BCUT2D eigenvalue weighted by Crippen LogP contribution is -2.29. The Labute approximate surface area is 181 Å². The van der Waals surface area contributed by atoms with Crippen molar-refractivity contribution in [2.75, 3.05) is 40.0 Å². The van der Waals surface area contributed by atoms with E-state index in [0.717, 1.165) is 43.7 Å². The van der Waals surface area contributed by atoms with Gasteiger partial charge >= 0.3 is 0 Å². The van der Waals surface area contributed by atoms with Crippen molar-refractivity contribution in [1.82, 2.24) is 20.1 Å². The number of hydrogen-bond donors (Lipinski definition) is 2. The number of piperidine rings is 1. The molecule has 3 N–H and O–H groups in total. The van der Waals surface area contributed by atoms with Crippen LogP contribution < -0.4 is 15.8 Å². The molecule has 2 aliphatic rings. The third kappa shape index (κ3) is 4.77. The predicted molar refractivity (Wildman–Crippen MR) is 118 cm³/mol. The van der Waals surface area contributed by atoms with Gasteiger partial charge in [0.1, 0.15) is 0 Å². The molecule has 0 spiro atoms. The van der Waals surface area contributed by atoms with E-state index in [0.29, 0.717) is 48.9 Å². The van der Waals surface area contributed by atoms with E-state index in [-0.39, 0.29) is 5.88 Å². The fraction of sp³-hybridized carbons (Fsp3) is 0.500. The molecule has 9 heteroatoms. The molecule has 0 radical (unpaired) electrons. The summed E-state index contributed by atoms with van der Waals surface area (Å²) in [6.07, 6.45) is 8.52. The van der Waals surface area contributed by atoms with Crippen molar-refractivity contribution in [3.63, 3.8) is 0 Å². The molecule has 0 aromatic carbocycles. The van der Waals surface area contributed by atoms with Gasteiger partial charge in [-0.1, -0.05) is 0 Å². The number of nitrogens with zero attached hydrogens (tertiary/aromatic N) is 4. The van der Waals surface area contributed by atoms with Gasteiger partial charge in [-0.2, -0.15) is 5.10 Å². The van der Waals surface area contributed by atoms with Crippen LogP contribution >= 0.6 is 0 Å². The van der Waals surface area contributed by atoms with Crippen LogP contribution in [0.2, 0.25) is 0 Å². The molecule has 1 fully saturated rings. The van der Waals surface area contributed by atoms with Crippen molar-refractivity contribution in [3.8, 4) is 17.1 Å². The molecule has 4 rings (SSSR count). The van der Waals surface area contributed by atoms with E-state index < -0.39 is 5.82 Å². The first kappa shape index (κ1) is 21.5. The van der Waals surface area contributed by atoms with Crippen LogP contribution in [0.15, 0.2) is 23.5 Å². The van der Waals surface area contributed by atoms with Gasteiger partial charge in [-0.15, -0.1) is 0 Å². The van der Waals surface area contributed by atoms with Crippen LogP contribution in [-0.4, -0.2) is 60.9 Å². The molecule has 31 heavy (non-hydrogen) atoms. The number of nitrogens with two attached hydrogens (primary N) is 1. The summed E-state index contributed by atoms with van der Waals surface area (Å²) in [6.45, 7) is 4.04. The van der Waals surface area contributed by atoms with Crippen LogP contribution in [0.5, 0.6) is 5.88 Å². The fourth-order valence-electron chi connectivity index (χ4n) is 4.13. The first-order chi connectivity index (χ1) is 15.2. The van der Waals surface area contributed by atoms with Crippen molar-refractivity contribution >= 4 is 11.9 Å². The minimum absolute atomic E-state index is 0.0369. The number of aromatic nitrogens is 3. The predicted octanol–water partition coefficient (Wildman–Crippen LogP) is 2.04. The summed E-state index contributed by atoms with van der Waals surface area (Å²) < 4.78 is 26.8. The molecule has 1 saturated heterocycles. The smallest absolute Gasteiger partial charge is 0.250 e. The van der Waals surface area contributed by atoms with Crippen LogP contribution in [0, 0.1) is 11.7 Å². The molecule has 0 amide bonds. The number of ether oxygens (including phenoxy) is 2. The van der Waals surface area contributed by atoms with E-state index in [2.05, 4.69) is 15.3 Å². The van der Waals surface area contributed by atoms with Gasteiger partial charge in [0.2, 0.25) is 5.88 Å². The third-order valence-corrected chi connectivity index (χ3v) is 5.80. The Bertz CT molecular complexity index is 965. The van der Waals surface area contributed by atoms with Crippen LogP contribution in [0.25, 0.3) is 17.0 Å². The fourth-order valence-corrected chi connectivity index (χ4v) is 4.13. The highest BCUT2D eigenvalue weighted by molar-refractivity contribution is 6.02. The van der Waals surface area contributed by atoms with Gasteiger partial charge in [0.25, 0.3) is 0 Å².